The molecule has 2 aliphatic rings. The zero-order valence-electron chi connectivity index (χ0n) is 17.1. The fourth-order valence-electron chi connectivity index (χ4n) is 5.19. The Morgan fingerprint density at radius 3 is 2.40 bits per heavy atom. The SMILES string of the molecule is CN1c2ccccc2C(C)(C)C12C=Cc1c(ccc3c1oc(=O)c1ccccc13)O2. The third-order valence-corrected chi connectivity index (χ3v) is 6.86. The van der Waals surface area contributed by atoms with Crippen LogP contribution in [0.3, 0.4) is 0 Å². The van der Waals surface area contributed by atoms with Gasteiger partial charge in [-0.3, -0.25) is 0 Å². The molecule has 4 aromatic rings. The van der Waals surface area contributed by atoms with E-state index in [-0.39, 0.29) is 11.0 Å². The lowest BCUT2D eigenvalue weighted by molar-refractivity contribution is 0.0582. The molecule has 1 spiro atoms. The second kappa shape index (κ2) is 5.54. The molecular formula is C26H21NO3. The van der Waals surface area contributed by atoms with Gasteiger partial charge in [0, 0.05) is 18.1 Å². The first-order valence-corrected chi connectivity index (χ1v) is 10.1. The van der Waals surface area contributed by atoms with E-state index in [1.54, 1.807) is 6.07 Å². The van der Waals surface area contributed by atoms with Gasteiger partial charge >= 0.3 is 5.63 Å². The summed E-state index contributed by atoms with van der Waals surface area (Å²) in [5.74, 6) is 0.719. The molecule has 1 atom stereocenters. The maximum Gasteiger partial charge on any atom is 0.344 e. The van der Waals surface area contributed by atoms with E-state index in [0.29, 0.717) is 11.0 Å². The second-order valence-corrected chi connectivity index (χ2v) is 8.62. The van der Waals surface area contributed by atoms with Gasteiger partial charge in [0.15, 0.2) is 0 Å². The van der Waals surface area contributed by atoms with Crippen LogP contribution in [0.15, 0.2) is 76.0 Å². The minimum Gasteiger partial charge on any atom is -0.463 e. The number of fused-ring (bicyclic) bond motifs is 6. The smallest absolute Gasteiger partial charge is 0.344 e. The topological polar surface area (TPSA) is 42.7 Å². The first-order chi connectivity index (χ1) is 14.4. The molecule has 0 saturated carbocycles. The summed E-state index contributed by atoms with van der Waals surface area (Å²) in [5.41, 5.74) is 2.53. The van der Waals surface area contributed by atoms with Crippen molar-refractivity contribution < 1.29 is 9.15 Å². The van der Waals surface area contributed by atoms with Crippen molar-refractivity contribution >= 4 is 33.5 Å². The molecule has 30 heavy (non-hydrogen) atoms. The molecule has 0 amide bonds. The van der Waals surface area contributed by atoms with E-state index in [1.165, 1.54) is 5.56 Å². The predicted molar refractivity (Wildman–Crippen MR) is 120 cm³/mol. The van der Waals surface area contributed by atoms with E-state index >= 15 is 0 Å². The van der Waals surface area contributed by atoms with Gasteiger partial charge < -0.3 is 14.1 Å². The van der Waals surface area contributed by atoms with Crippen LogP contribution in [0, 0.1) is 0 Å². The molecule has 2 aliphatic heterocycles. The van der Waals surface area contributed by atoms with Crippen LogP contribution < -0.4 is 15.3 Å². The van der Waals surface area contributed by atoms with Crippen LogP contribution in [0.25, 0.3) is 27.8 Å². The highest BCUT2D eigenvalue weighted by Gasteiger charge is 2.57. The fourth-order valence-corrected chi connectivity index (χ4v) is 5.19. The summed E-state index contributed by atoms with van der Waals surface area (Å²) in [7, 11) is 2.07. The number of anilines is 1. The van der Waals surface area contributed by atoms with Gasteiger partial charge in [-0.15, -0.1) is 0 Å². The van der Waals surface area contributed by atoms with Crippen LogP contribution in [0.2, 0.25) is 0 Å². The zero-order chi connectivity index (χ0) is 20.7. The summed E-state index contributed by atoms with van der Waals surface area (Å²) < 4.78 is 12.5. The highest BCUT2D eigenvalue weighted by Crippen LogP contribution is 2.54. The van der Waals surface area contributed by atoms with Crippen LogP contribution in [-0.4, -0.2) is 12.8 Å². The third-order valence-electron chi connectivity index (χ3n) is 6.86. The summed E-state index contributed by atoms with van der Waals surface area (Å²) in [6.07, 6.45) is 4.15. The Balaban J connectivity index is 1.59. The molecule has 0 fully saturated rings. The van der Waals surface area contributed by atoms with Gasteiger partial charge in [-0.1, -0.05) is 36.4 Å². The Morgan fingerprint density at radius 1 is 0.867 bits per heavy atom. The van der Waals surface area contributed by atoms with Gasteiger partial charge in [-0.05, 0) is 61.2 Å². The summed E-state index contributed by atoms with van der Waals surface area (Å²) in [6.45, 7) is 4.42. The van der Waals surface area contributed by atoms with Gasteiger partial charge in [-0.2, -0.15) is 0 Å². The Bertz CT molecular complexity index is 1450. The lowest BCUT2D eigenvalue weighted by Crippen LogP contribution is -2.58. The highest BCUT2D eigenvalue weighted by atomic mass is 16.5. The van der Waals surface area contributed by atoms with E-state index < -0.39 is 5.72 Å². The summed E-state index contributed by atoms with van der Waals surface area (Å²) in [4.78, 5) is 14.8. The number of rotatable bonds is 0. The maximum atomic E-state index is 12.6. The summed E-state index contributed by atoms with van der Waals surface area (Å²) in [6, 6.07) is 19.9. The molecular weight excluding hydrogens is 374 g/mol. The zero-order valence-corrected chi connectivity index (χ0v) is 17.1. The number of ether oxygens (including phenoxy) is 1. The number of nitrogens with zero attached hydrogens (tertiary/aromatic N) is 1. The maximum absolute atomic E-state index is 12.6. The molecule has 6 rings (SSSR count). The molecule has 0 saturated heterocycles. The van der Waals surface area contributed by atoms with Crippen molar-refractivity contribution in [3.05, 3.63) is 88.3 Å². The summed E-state index contributed by atoms with van der Waals surface area (Å²) in [5, 5.41) is 2.40. The molecule has 3 heterocycles. The fraction of sp³-hybridized carbons (Fsp3) is 0.192. The van der Waals surface area contributed by atoms with E-state index in [9.17, 15) is 4.79 Å². The van der Waals surface area contributed by atoms with Gasteiger partial charge in [0.2, 0.25) is 5.72 Å². The molecule has 0 radical (unpaired) electrons. The second-order valence-electron chi connectivity index (χ2n) is 8.62. The first kappa shape index (κ1) is 17.3. The minimum absolute atomic E-state index is 0.272. The van der Waals surface area contributed by atoms with Gasteiger partial charge in [-0.25, -0.2) is 4.79 Å². The Hall–Kier alpha value is -3.53. The quantitative estimate of drug-likeness (QED) is 0.292. The first-order valence-electron chi connectivity index (χ1n) is 10.1. The van der Waals surface area contributed by atoms with Crippen molar-refractivity contribution in [3.8, 4) is 5.75 Å². The summed E-state index contributed by atoms with van der Waals surface area (Å²) >= 11 is 0. The average Bonchev–Trinajstić information content (AvgIpc) is 2.92. The standard InChI is InChI=1S/C26H21NO3/c1-25(2)20-10-6-7-11-21(20)27(3)26(25)15-14-19-22(30-26)13-12-17-16-8-4-5-9-18(16)24(28)29-23(17)19/h4-15H,1-3H3. The number of para-hydroxylation sites is 1. The molecule has 0 bridgehead atoms. The van der Waals surface area contributed by atoms with Crippen LogP contribution in [-0.2, 0) is 5.41 Å². The lowest BCUT2D eigenvalue weighted by Gasteiger charge is -2.45. The van der Waals surface area contributed by atoms with E-state index in [2.05, 4.69) is 56.1 Å². The molecule has 1 aromatic heterocycles. The Morgan fingerprint density at radius 2 is 1.60 bits per heavy atom. The number of likely N-dealkylation sites (N-methyl/N-ethyl adjacent to an activating group) is 1. The molecule has 0 aliphatic carbocycles. The molecule has 148 valence electrons. The molecule has 4 heteroatoms. The number of hydrogen-bond donors (Lipinski definition) is 0. The number of hydrogen-bond acceptors (Lipinski definition) is 4. The predicted octanol–water partition coefficient (Wildman–Crippen LogP) is 5.48. The Labute approximate surface area is 174 Å². The van der Waals surface area contributed by atoms with Crippen molar-refractivity contribution in [1.82, 2.24) is 0 Å². The van der Waals surface area contributed by atoms with Crippen LogP contribution in [0.1, 0.15) is 25.0 Å². The van der Waals surface area contributed by atoms with Gasteiger partial charge in [0.25, 0.3) is 0 Å². The van der Waals surface area contributed by atoms with Crippen LogP contribution in [0.5, 0.6) is 5.75 Å². The molecule has 4 nitrogen and oxygen atoms in total. The molecule has 0 N–H and O–H groups in total. The highest BCUT2D eigenvalue weighted by molar-refractivity contribution is 6.07. The third kappa shape index (κ3) is 1.93. The lowest BCUT2D eigenvalue weighted by atomic mass is 9.76. The van der Waals surface area contributed by atoms with Gasteiger partial charge in [0.1, 0.15) is 11.3 Å². The van der Waals surface area contributed by atoms with Crippen LogP contribution in [0.4, 0.5) is 5.69 Å². The van der Waals surface area contributed by atoms with E-state index in [0.717, 1.165) is 27.8 Å². The van der Waals surface area contributed by atoms with Gasteiger partial charge in [0.05, 0.1) is 16.4 Å². The van der Waals surface area contributed by atoms with Crippen molar-refractivity contribution in [2.45, 2.75) is 25.0 Å². The van der Waals surface area contributed by atoms with E-state index in [4.69, 9.17) is 9.15 Å². The van der Waals surface area contributed by atoms with Crippen molar-refractivity contribution in [2.75, 3.05) is 11.9 Å². The Kier molecular flexibility index (Phi) is 3.20. The van der Waals surface area contributed by atoms with Crippen molar-refractivity contribution in [3.63, 3.8) is 0 Å². The number of benzene rings is 3. The minimum atomic E-state index is -0.658. The van der Waals surface area contributed by atoms with Crippen molar-refractivity contribution in [1.29, 1.82) is 0 Å². The van der Waals surface area contributed by atoms with E-state index in [1.807, 2.05) is 36.4 Å². The van der Waals surface area contributed by atoms with Crippen molar-refractivity contribution in [2.24, 2.45) is 0 Å². The largest absolute Gasteiger partial charge is 0.463 e. The normalized spacial score (nSPS) is 21.1. The average molecular weight is 395 g/mol. The molecule has 3 aromatic carbocycles. The monoisotopic (exact) mass is 395 g/mol. The van der Waals surface area contributed by atoms with Crippen LogP contribution >= 0.6 is 0 Å². The molecule has 1 unspecified atom stereocenters.